The maximum atomic E-state index is 12.3. The molecule has 0 aliphatic carbocycles. The van der Waals surface area contributed by atoms with Gasteiger partial charge in [0.25, 0.3) is 5.56 Å². The van der Waals surface area contributed by atoms with Crippen LogP contribution in [-0.2, 0) is 39.1 Å². The molecule has 26 heavy (non-hydrogen) atoms. The molecular weight excluding hydrogens is 352 g/mol. The van der Waals surface area contributed by atoms with Gasteiger partial charge < -0.3 is 5.11 Å². The predicted octanol–water partition coefficient (Wildman–Crippen LogP) is 0.980. The summed E-state index contributed by atoms with van der Waals surface area (Å²) in [5.74, 6) is 0. The molecule has 0 aromatic carbocycles. The highest BCUT2D eigenvalue weighted by atomic mass is 32.1. The second kappa shape index (κ2) is 6.90. The van der Waals surface area contributed by atoms with Crippen LogP contribution in [0.4, 0.5) is 0 Å². The van der Waals surface area contributed by atoms with Crippen LogP contribution in [0.1, 0.15) is 41.5 Å². The zero-order chi connectivity index (χ0) is 18.3. The van der Waals surface area contributed by atoms with Gasteiger partial charge in [0.2, 0.25) is 4.96 Å². The van der Waals surface area contributed by atoms with Crippen molar-refractivity contribution in [1.82, 2.24) is 29.3 Å². The first-order valence-corrected chi connectivity index (χ1v) is 9.73. The Morgan fingerprint density at radius 1 is 1.31 bits per heavy atom. The number of aliphatic hydroxyl groups is 1. The van der Waals surface area contributed by atoms with Crippen molar-refractivity contribution in [3.8, 4) is 0 Å². The number of hydrogen-bond acceptors (Lipinski definition) is 7. The summed E-state index contributed by atoms with van der Waals surface area (Å²) in [5.41, 5.74) is 3.72. The number of aliphatic hydroxyl groups excluding tert-OH is 1. The molecule has 4 heterocycles. The third kappa shape index (κ3) is 2.95. The molecule has 0 bridgehead atoms. The van der Waals surface area contributed by atoms with Crippen LogP contribution in [0.3, 0.4) is 0 Å². The molecule has 0 fully saturated rings. The first kappa shape index (κ1) is 17.3. The van der Waals surface area contributed by atoms with Crippen molar-refractivity contribution in [2.24, 2.45) is 0 Å². The van der Waals surface area contributed by atoms with E-state index in [1.54, 1.807) is 6.07 Å². The summed E-state index contributed by atoms with van der Waals surface area (Å²) >= 11 is 1.46. The SMILES string of the molecule is CCc1nn2c(=O)cc(CN3CCc4c(c(CO)nn4CC)C3)nc2s1. The highest BCUT2D eigenvalue weighted by Crippen LogP contribution is 2.24. The summed E-state index contributed by atoms with van der Waals surface area (Å²) in [7, 11) is 0. The van der Waals surface area contributed by atoms with E-state index in [9.17, 15) is 9.90 Å². The van der Waals surface area contributed by atoms with E-state index >= 15 is 0 Å². The van der Waals surface area contributed by atoms with Crippen LogP contribution in [0.25, 0.3) is 4.96 Å². The first-order valence-electron chi connectivity index (χ1n) is 8.92. The predicted molar refractivity (Wildman–Crippen MR) is 98.2 cm³/mol. The van der Waals surface area contributed by atoms with Crippen molar-refractivity contribution >= 4 is 16.3 Å². The van der Waals surface area contributed by atoms with E-state index in [0.29, 0.717) is 11.5 Å². The van der Waals surface area contributed by atoms with Gasteiger partial charge in [-0.1, -0.05) is 18.3 Å². The fourth-order valence-corrected chi connectivity index (χ4v) is 4.35. The average molecular weight is 374 g/mol. The lowest BCUT2D eigenvalue weighted by Crippen LogP contribution is -2.32. The normalized spacial score (nSPS) is 14.9. The van der Waals surface area contributed by atoms with Crippen LogP contribution in [0.2, 0.25) is 0 Å². The lowest BCUT2D eigenvalue weighted by Gasteiger charge is -2.27. The Morgan fingerprint density at radius 3 is 2.88 bits per heavy atom. The van der Waals surface area contributed by atoms with Crippen molar-refractivity contribution in [2.45, 2.75) is 52.9 Å². The average Bonchev–Trinajstić information content (AvgIpc) is 3.22. The fourth-order valence-electron chi connectivity index (χ4n) is 3.49. The minimum Gasteiger partial charge on any atom is -0.390 e. The Kier molecular flexibility index (Phi) is 4.60. The van der Waals surface area contributed by atoms with E-state index in [2.05, 4.69) is 27.0 Å². The Bertz CT molecular complexity index is 1000. The van der Waals surface area contributed by atoms with Gasteiger partial charge >= 0.3 is 0 Å². The van der Waals surface area contributed by atoms with Gasteiger partial charge in [0.1, 0.15) is 5.01 Å². The number of aryl methyl sites for hydroxylation is 2. The summed E-state index contributed by atoms with van der Waals surface area (Å²) < 4.78 is 3.37. The topological polar surface area (TPSA) is 88.5 Å². The van der Waals surface area contributed by atoms with Gasteiger partial charge in [0.15, 0.2) is 0 Å². The maximum Gasteiger partial charge on any atom is 0.275 e. The molecule has 0 atom stereocenters. The number of aromatic nitrogens is 5. The van der Waals surface area contributed by atoms with Crippen molar-refractivity contribution in [3.05, 3.63) is 44.1 Å². The zero-order valence-corrected chi connectivity index (χ0v) is 15.8. The van der Waals surface area contributed by atoms with Crippen LogP contribution in [0.5, 0.6) is 0 Å². The van der Waals surface area contributed by atoms with Gasteiger partial charge in [-0.2, -0.15) is 14.7 Å². The number of nitrogens with zero attached hydrogens (tertiary/aromatic N) is 6. The smallest absolute Gasteiger partial charge is 0.275 e. The molecule has 0 saturated carbocycles. The molecule has 1 N–H and O–H groups in total. The molecule has 0 saturated heterocycles. The van der Waals surface area contributed by atoms with E-state index < -0.39 is 0 Å². The highest BCUT2D eigenvalue weighted by Gasteiger charge is 2.24. The minimum atomic E-state index is -0.131. The van der Waals surface area contributed by atoms with Crippen molar-refractivity contribution in [2.75, 3.05) is 6.54 Å². The number of rotatable bonds is 5. The molecule has 0 unspecified atom stereocenters. The second-order valence-corrected chi connectivity index (χ2v) is 7.48. The monoisotopic (exact) mass is 374 g/mol. The molecule has 0 spiro atoms. The van der Waals surface area contributed by atoms with Gasteiger partial charge in [-0.3, -0.25) is 14.4 Å². The summed E-state index contributed by atoms with van der Waals surface area (Å²) in [6, 6.07) is 1.57. The lowest BCUT2D eigenvalue weighted by atomic mass is 10.0. The zero-order valence-electron chi connectivity index (χ0n) is 15.0. The summed E-state index contributed by atoms with van der Waals surface area (Å²) in [5, 5.41) is 19.3. The quantitative estimate of drug-likeness (QED) is 0.716. The standard InChI is InChI=1S/C17H22N6O2S/c1-3-15-20-23-16(25)7-11(18-17(23)26-15)8-21-6-5-14-12(9-21)13(10-24)19-22(14)4-2/h7,24H,3-6,8-10H2,1-2H3. The third-order valence-electron chi connectivity index (χ3n) is 4.77. The molecule has 0 radical (unpaired) electrons. The molecule has 4 rings (SSSR count). The Morgan fingerprint density at radius 2 is 2.15 bits per heavy atom. The molecule has 8 nitrogen and oxygen atoms in total. The van der Waals surface area contributed by atoms with Gasteiger partial charge in [0.05, 0.1) is 18.0 Å². The number of fused-ring (bicyclic) bond motifs is 2. The minimum absolute atomic E-state index is 0.0462. The van der Waals surface area contributed by atoms with E-state index in [1.165, 1.54) is 21.5 Å². The van der Waals surface area contributed by atoms with E-state index in [0.717, 1.165) is 54.4 Å². The molecule has 3 aromatic rings. The lowest BCUT2D eigenvalue weighted by molar-refractivity contribution is 0.233. The molecule has 138 valence electrons. The van der Waals surface area contributed by atoms with Crippen LogP contribution < -0.4 is 5.56 Å². The van der Waals surface area contributed by atoms with E-state index in [4.69, 9.17) is 0 Å². The Hall–Kier alpha value is -2.10. The Balaban J connectivity index is 1.60. The van der Waals surface area contributed by atoms with Crippen LogP contribution >= 0.6 is 11.3 Å². The first-order chi connectivity index (χ1) is 12.6. The van der Waals surface area contributed by atoms with Gasteiger partial charge in [0, 0.05) is 49.9 Å². The van der Waals surface area contributed by atoms with Gasteiger partial charge in [-0.25, -0.2) is 4.98 Å². The van der Waals surface area contributed by atoms with Crippen LogP contribution in [-0.4, -0.2) is 40.9 Å². The molecule has 1 aliphatic rings. The summed E-state index contributed by atoms with van der Waals surface area (Å²) in [6.45, 7) is 7.05. The molecular formula is C17H22N6O2S. The van der Waals surface area contributed by atoms with Gasteiger partial charge in [-0.05, 0) is 13.3 Å². The third-order valence-corrected chi connectivity index (χ3v) is 5.83. The summed E-state index contributed by atoms with van der Waals surface area (Å²) in [6.07, 6.45) is 1.68. The van der Waals surface area contributed by atoms with E-state index in [1.807, 2.05) is 11.6 Å². The second-order valence-electron chi connectivity index (χ2n) is 6.44. The van der Waals surface area contributed by atoms with Gasteiger partial charge in [-0.15, -0.1) is 0 Å². The largest absolute Gasteiger partial charge is 0.390 e. The molecule has 1 aliphatic heterocycles. The molecule has 9 heteroatoms. The van der Waals surface area contributed by atoms with Crippen molar-refractivity contribution < 1.29 is 5.11 Å². The maximum absolute atomic E-state index is 12.3. The van der Waals surface area contributed by atoms with Crippen molar-refractivity contribution in [1.29, 1.82) is 0 Å². The summed E-state index contributed by atoms with van der Waals surface area (Å²) in [4.78, 5) is 19.8. The molecule has 3 aromatic heterocycles. The van der Waals surface area contributed by atoms with Crippen LogP contribution in [0, 0.1) is 0 Å². The number of hydrogen-bond donors (Lipinski definition) is 1. The molecule has 0 amide bonds. The Labute approximate surface area is 154 Å². The van der Waals surface area contributed by atoms with Crippen molar-refractivity contribution in [3.63, 3.8) is 0 Å². The fraction of sp³-hybridized carbons (Fsp3) is 0.529. The van der Waals surface area contributed by atoms with Crippen LogP contribution in [0.15, 0.2) is 10.9 Å². The highest BCUT2D eigenvalue weighted by molar-refractivity contribution is 7.16. The van der Waals surface area contributed by atoms with E-state index in [-0.39, 0.29) is 12.2 Å².